The van der Waals surface area contributed by atoms with Gasteiger partial charge in [-0.2, -0.15) is 0 Å². The lowest BCUT2D eigenvalue weighted by Crippen LogP contribution is -2.29. The number of para-hydroxylation sites is 1. The van der Waals surface area contributed by atoms with E-state index in [2.05, 4.69) is 15.2 Å². The standard InChI is InChI=1S/C18H17ClN4O3/c1-11-18(12-5-3-4-6-13(12)20-11)14(24)10-26-17(25)9-23(2)16-8-7-15(19)21-22-16/h3-8,20H,9-10H2,1-2H3. The van der Waals surface area contributed by atoms with Gasteiger partial charge in [0.25, 0.3) is 0 Å². The number of fused-ring (bicyclic) bond motifs is 1. The summed E-state index contributed by atoms with van der Waals surface area (Å²) in [6.07, 6.45) is 0. The van der Waals surface area contributed by atoms with E-state index in [-0.39, 0.29) is 24.1 Å². The predicted molar refractivity (Wildman–Crippen MR) is 98.6 cm³/mol. The number of hydrogen-bond acceptors (Lipinski definition) is 6. The number of Topliss-reactive ketones (excluding diaryl/α,β-unsaturated/α-hetero) is 1. The number of nitrogens with zero attached hydrogens (tertiary/aromatic N) is 3. The first-order chi connectivity index (χ1) is 12.5. The third-order valence-electron chi connectivity index (χ3n) is 3.91. The second-order valence-corrected chi connectivity index (χ2v) is 6.21. The minimum atomic E-state index is -0.532. The van der Waals surface area contributed by atoms with Crippen LogP contribution in [0.2, 0.25) is 5.15 Å². The number of benzene rings is 1. The lowest BCUT2D eigenvalue weighted by Gasteiger charge is -2.16. The zero-order chi connectivity index (χ0) is 18.7. The third kappa shape index (κ3) is 3.83. The van der Waals surface area contributed by atoms with Crippen molar-refractivity contribution in [2.24, 2.45) is 0 Å². The predicted octanol–water partition coefficient (Wildman–Crippen LogP) is 2.78. The van der Waals surface area contributed by atoms with Gasteiger partial charge < -0.3 is 14.6 Å². The van der Waals surface area contributed by atoms with Crippen LogP contribution in [-0.2, 0) is 9.53 Å². The van der Waals surface area contributed by atoms with E-state index in [0.29, 0.717) is 11.4 Å². The number of carbonyl (C=O) groups excluding carboxylic acids is 2. The fourth-order valence-corrected chi connectivity index (χ4v) is 2.79. The Morgan fingerprint density at radius 3 is 2.69 bits per heavy atom. The molecule has 0 aliphatic heterocycles. The first-order valence-corrected chi connectivity index (χ1v) is 8.30. The van der Waals surface area contributed by atoms with Crippen molar-refractivity contribution in [1.82, 2.24) is 15.2 Å². The number of nitrogens with one attached hydrogen (secondary N) is 1. The Labute approximate surface area is 154 Å². The number of aromatic nitrogens is 3. The lowest BCUT2D eigenvalue weighted by molar-refractivity contribution is -0.140. The number of esters is 1. The number of anilines is 1. The van der Waals surface area contributed by atoms with E-state index in [9.17, 15) is 9.59 Å². The highest BCUT2D eigenvalue weighted by Gasteiger charge is 2.18. The van der Waals surface area contributed by atoms with E-state index in [0.717, 1.165) is 16.6 Å². The number of H-pyrrole nitrogens is 1. The average molecular weight is 373 g/mol. The summed E-state index contributed by atoms with van der Waals surface area (Å²) in [4.78, 5) is 29.2. The molecule has 0 atom stereocenters. The number of carbonyl (C=O) groups is 2. The Morgan fingerprint density at radius 1 is 1.19 bits per heavy atom. The van der Waals surface area contributed by atoms with Gasteiger partial charge >= 0.3 is 5.97 Å². The molecule has 3 aromatic rings. The van der Waals surface area contributed by atoms with Crippen molar-refractivity contribution in [2.75, 3.05) is 25.1 Å². The molecule has 1 N–H and O–H groups in total. The molecule has 7 nitrogen and oxygen atoms in total. The van der Waals surface area contributed by atoms with Gasteiger partial charge in [-0.1, -0.05) is 29.8 Å². The molecule has 0 spiro atoms. The van der Waals surface area contributed by atoms with Gasteiger partial charge in [0.05, 0.1) is 0 Å². The second kappa shape index (κ2) is 7.53. The van der Waals surface area contributed by atoms with Crippen molar-refractivity contribution in [3.63, 3.8) is 0 Å². The maximum absolute atomic E-state index is 12.5. The number of ether oxygens (including phenoxy) is 1. The van der Waals surface area contributed by atoms with Gasteiger partial charge in [0, 0.05) is 29.2 Å². The van der Waals surface area contributed by atoms with Crippen LogP contribution in [0.3, 0.4) is 0 Å². The smallest absolute Gasteiger partial charge is 0.326 e. The zero-order valence-corrected chi connectivity index (χ0v) is 15.1. The first-order valence-electron chi connectivity index (χ1n) is 7.92. The molecule has 0 saturated heterocycles. The molecule has 0 bridgehead atoms. The summed E-state index contributed by atoms with van der Waals surface area (Å²) in [5, 5.41) is 8.68. The minimum absolute atomic E-state index is 0.0591. The number of aromatic amines is 1. The maximum atomic E-state index is 12.5. The number of halogens is 1. The fourth-order valence-electron chi connectivity index (χ4n) is 2.69. The normalized spacial score (nSPS) is 10.7. The van der Waals surface area contributed by atoms with E-state index >= 15 is 0 Å². The van der Waals surface area contributed by atoms with Crippen molar-refractivity contribution in [3.05, 3.63) is 52.8 Å². The molecule has 0 aliphatic rings. The Bertz CT molecular complexity index is 953. The highest BCUT2D eigenvalue weighted by Crippen LogP contribution is 2.22. The molecular formula is C18H17ClN4O3. The van der Waals surface area contributed by atoms with Crippen LogP contribution in [0.5, 0.6) is 0 Å². The Hall–Kier alpha value is -2.93. The summed E-state index contributed by atoms with van der Waals surface area (Å²) in [6.45, 7) is 1.44. The molecule has 2 aromatic heterocycles. The molecule has 0 aliphatic carbocycles. The van der Waals surface area contributed by atoms with Crippen LogP contribution in [0.1, 0.15) is 16.1 Å². The van der Waals surface area contributed by atoms with Gasteiger partial charge in [-0.05, 0) is 25.1 Å². The highest BCUT2D eigenvalue weighted by atomic mass is 35.5. The van der Waals surface area contributed by atoms with Gasteiger partial charge in [0.15, 0.2) is 17.6 Å². The topological polar surface area (TPSA) is 88.2 Å². The van der Waals surface area contributed by atoms with Crippen LogP contribution in [0.25, 0.3) is 10.9 Å². The fraction of sp³-hybridized carbons (Fsp3) is 0.222. The van der Waals surface area contributed by atoms with Crippen molar-refractivity contribution in [2.45, 2.75) is 6.92 Å². The molecule has 2 heterocycles. The van der Waals surface area contributed by atoms with Crippen LogP contribution in [0.15, 0.2) is 36.4 Å². The van der Waals surface area contributed by atoms with Crippen LogP contribution in [0.4, 0.5) is 5.82 Å². The molecule has 0 radical (unpaired) electrons. The Balaban J connectivity index is 1.61. The monoisotopic (exact) mass is 372 g/mol. The summed E-state index contributed by atoms with van der Waals surface area (Å²) in [6, 6.07) is 10.7. The quantitative estimate of drug-likeness (QED) is 0.528. The molecular weight excluding hydrogens is 356 g/mol. The van der Waals surface area contributed by atoms with E-state index in [1.54, 1.807) is 24.1 Å². The third-order valence-corrected chi connectivity index (χ3v) is 4.11. The summed E-state index contributed by atoms with van der Waals surface area (Å²) in [5.41, 5.74) is 2.17. The van der Waals surface area contributed by atoms with Crippen LogP contribution in [0, 0.1) is 6.92 Å². The van der Waals surface area contributed by atoms with Crippen LogP contribution >= 0.6 is 11.6 Å². The number of likely N-dealkylation sites (N-methyl/N-ethyl adjacent to an activating group) is 1. The van der Waals surface area contributed by atoms with Crippen molar-refractivity contribution in [1.29, 1.82) is 0 Å². The van der Waals surface area contributed by atoms with Crippen molar-refractivity contribution < 1.29 is 14.3 Å². The highest BCUT2D eigenvalue weighted by molar-refractivity contribution is 6.29. The number of aryl methyl sites for hydroxylation is 1. The van der Waals surface area contributed by atoms with Gasteiger partial charge in [-0.25, -0.2) is 0 Å². The second-order valence-electron chi connectivity index (χ2n) is 5.82. The van der Waals surface area contributed by atoms with Gasteiger partial charge in [-0.15, -0.1) is 10.2 Å². The first kappa shape index (κ1) is 17.9. The molecule has 1 aromatic carbocycles. The maximum Gasteiger partial charge on any atom is 0.326 e. The molecule has 0 unspecified atom stereocenters. The molecule has 0 fully saturated rings. The summed E-state index contributed by atoms with van der Waals surface area (Å²) in [5.74, 6) is -0.303. The largest absolute Gasteiger partial charge is 0.456 e. The molecule has 0 saturated carbocycles. The number of ketones is 1. The number of rotatable bonds is 6. The minimum Gasteiger partial charge on any atom is -0.456 e. The van der Waals surface area contributed by atoms with E-state index in [1.807, 2.05) is 31.2 Å². The zero-order valence-electron chi connectivity index (χ0n) is 14.3. The van der Waals surface area contributed by atoms with E-state index in [1.165, 1.54) is 0 Å². The average Bonchev–Trinajstić information content (AvgIpc) is 2.96. The number of hydrogen-bond donors (Lipinski definition) is 1. The summed E-state index contributed by atoms with van der Waals surface area (Å²) < 4.78 is 5.13. The van der Waals surface area contributed by atoms with Crippen LogP contribution in [-0.4, -0.2) is 47.1 Å². The summed E-state index contributed by atoms with van der Waals surface area (Å²) in [7, 11) is 1.67. The van der Waals surface area contributed by atoms with Gasteiger partial charge in [0.2, 0.25) is 5.78 Å². The van der Waals surface area contributed by atoms with Crippen molar-refractivity contribution >= 4 is 40.1 Å². The molecule has 26 heavy (non-hydrogen) atoms. The molecule has 0 amide bonds. The summed E-state index contributed by atoms with van der Waals surface area (Å²) >= 11 is 5.69. The molecule has 134 valence electrons. The Morgan fingerprint density at radius 2 is 1.96 bits per heavy atom. The van der Waals surface area contributed by atoms with Gasteiger partial charge in [-0.3, -0.25) is 9.59 Å². The molecule has 8 heteroatoms. The lowest BCUT2D eigenvalue weighted by atomic mass is 10.1. The van der Waals surface area contributed by atoms with Gasteiger partial charge in [0.1, 0.15) is 6.54 Å². The van der Waals surface area contributed by atoms with E-state index < -0.39 is 5.97 Å². The van der Waals surface area contributed by atoms with Crippen molar-refractivity contribution in [3.8, 4) is 0 Å². The SMILES string of the molecule is Cc1[nH]c2ccccc2c1C(=O)COC(=O)CN(C)c1ccc(Cl)nn1. The van der Waals surface area contributed by atoms with Crippen LogP contribution < -0.4 is 4.90 Å². The Kier molecular flexibility index (Phi) is 5.18. The van der Waals surface area contributed by atoms with E-state index in [4.69, 9.17) is 16.3 Å². The molecule has 3 rings (SSSR count).